The van der Waals surface area contributed by atoms with Crippen molar-refractivity contribution in [2.24, 2.45) is 0 Å². The van der Waals surface area contributed by atoms with Gasteiger partial charge >= 0.3 is 5.97 Å². The molecule has 1 aromatic rings. The van der Waals surface area contributed by atoms with Gasteiger partial charge in [-0.25, -0.2) is 4.79 Å². The van der Waals surface area contributed by atoms with Crippen LogP contribution in [0.15, 0.2) is 24.3 Å². The fourth-order valence-corrected chi connectivity index (χ4v) is 2.42. The number of anilines is 1. The van der Waals surface area contributed by atoms with Crippen molar-refractivity contribution >= 4 is 11.7 Å². The Hall–Kier alpha value is -1.55. The van der Waals surface area contributed by atoms with E-state index in [9.17, 15) is 9.90 Å². The van der Waals surface area contributed by atoms with Gasteiger partial charge in [-0.15, -0.1) is 0 Å². The Kier molecular flexibility index (Phi) is 3.64. The lowest BCUT2D eigenvalue weighted by Gasteiger charge is -2.27. The minimum absolute atomic E-state index is 0.292. The number of methoxy groups -OCH3 is 1. The molecule has 4 heteroatoms. The van der Waals surface area contributed by atoms with Crippen molar-refractivity contribution in [1.29, 1.82) is 0 Å². The molecule has 0 aromatic heterocycles. The smallest absolute Gasteiger partial charge is 0.337 e. The van der Waals surface area contributed by atoms with Gasteiger partial charge in [-0.3, -0.25) is 0 Å². The monoisotopic (exact) mass is 235 g/mol. The van der Waals surface area contributed by atoms with E-state index in [1.54, 1.807) is 19.2 Å². The molecule has 92 valence electrons. The van der Waals surface area contributed by atoms with E-state index in [4.69, 9.17) is 4.74 Å². The van der Waals surface area contributed by atoms with Gasteiger partial charge in [0, 0.05) is 13.7 Å². The number of carbonyl (C=O) groups is 1. The second kappa shape index (κ2) is 5.19. The normalized spacial score (nSPS) is 19.6. The Bertz CT molecular complexity index is 405. The molecular weight excluding hydrogens is 218 g/mol. The van der Waals surface area contributed by atoms with Gasteiger partial charge in [-0.2, -0.15) is 0 Å². The van der Waals surface area contributed by atoms with Gasteiger partial charge in [0.05, 0.1) is 23.9 Å². The van der Waals surface area contributed by atoms with Gasteiger partial charge in [-0.1, -0.05) is 12.1 Å². The molecule has 1 heterocycles. The number of carboxylic acids is 1. The lowest BCUT2D eigenvalue weighted by atomic mass is 10.1. The number of hydrogen-bond donors (Lipinski definition) is 1. The van der Waals surface area contributed by atoms with Gasteiger partial charge in [0.1, 0.15) is 0 Å². The van der Waals surface area contributed by atoms with Crippen LogP contribution in [-0.2, 0) is 4.74 Å². The second-order valence-electron chi connectivity index (χ2n) is 4.27. The summed E-state index contributed by atoms with van der Waals surface area (Å²) < 4.78 is 5.19. The summed E-state index contributed by atoms with van der Waals surface area (Å²) in [7, 11) is 1.68. The lowest BCUT2D eigenvalue weighted by molar-refractivity contribution is 0.0697. The molecule has 0 amide bonds. The maximum absolute atomic E-state index is 11.2. The molecule has 17 heavy (non-hydrogen) atoms. The number of carboxylic acid groups (broad SMARTS) is 1. The van der Waals surface area contributed by atoms with Crippen LogP contribution < -0.4 is 4.90 Å². The molecule has 4 nitrogen and oxygen atoms in total. The number of aromatic carboxylic acids is 1. The molecular formula is C13H17NO3. The molecule has 0 aliphatic carbocycles. The second-order valence-corrected chi connectivity index (χ2v) is 4.27. The highest BCUT2D eigenvalue weighted by Gasteiger charge is 2.27. The van der Waals surface area contributed by atoms with Crippen LogP contribution in [0.3, 0.4) is 0 Å². The van der Waals surface area contributed by atoms with Crippen LogP contribution in [0, 0.1) is 0 Å². The number of rotatable bonds is 4. The van der Waals surface area contributed by atoms with Crippen LogP contribution >= 0.6 is 0 Å². The first-order chi connectivity index (χ1) is 8.24. The highest BCUT2D eigenvalue weighted by molar-refractivity contribution is 5.94. The number of benzene rings is 1. The number of ether oxygens (including phenoxy) is 1. The zero-order valence-corrected chi connectivity index (χ0v) is 9.93. The van der Waals surface area contributed by atoms with E-state index in [1.807, 2.05) is 12.1 Å². The van der Waals surface area contributed by atoms with E-state index >= 15 is 0 Å². The van der Waals surface area contributed by atoms with E-state index in [0.29, 0.717) is 18.2 Å². The molecule has 0 saturated carbocycles. The summed E-state index contributed by atoms with van der Waals surface area (Å²) in [6, 6.07) is 7.45. The van der Waals surface area contributed by atoms with Crippen LogP contribution in [0.25, 0.3) is 0 Å². The number of nitrogens with zero attached hydrogens (tertiary/aromatic N) is 1. The predicted molar refractivity (Wildman–Crippen MR) is 65.6 cm³/mol. The van der Waals surface area contributed by atoms with Crippen molar-refractivity contribution in [2.45, 2.75) is 18.9 Å². The third-order valence-electron chi connectivity index (χ3n) is 3.18. The van der Waals surface area contributed by atoms with Crippen molar-refractivity contribution < 1.29 is 14.6 Å². The first-order valence-corrected chi connectivity index (χ1v) is 5.82. The molecule has 1 saturated heterocycles. The van der Waals surface area contributed by atoms with Gasteiger partial charge in [0.15, 0.2) is 0 Å². The molecule has 1 aliphatic heterocycles. The Labute approximate surface area is 101 Å². The van der Waals surface area contributed by atoms with Crippen molar-refractivity contribution in [3.05, 3.63) is 29.8 Å². The molecule has 1 aliphatic rings. The van der Waals surface area contributed by atoms with E-state index in [2.05, 4.69) is 4.90 Å². The molecule has 2 rings (SSSR count). The summed E-state index contributed by atoms with van der Waals surface area (Å²) >= 11 is 0. The Morgan fingerprint density at radius 1 is 1.53 bits per heavy atom. The van der Waals surface area contributed by atoms with Crippen molar-refractivity contribution in [2.75, 3.05) is 25.2 Å². The quantitative estimate of drug-likeness (QED) is 0.867. The fourth-order valence-electron chi connectivity index (χ4n) is 2.42. The fraction of sp³-hybridized carbons (Fsp3) is 0.462. The van der Waals surface area contributed by atoms with E-state index in [0.717, 1.165) is 25.1 Å². The summed E-state index contributed by atoms with van der Waals surface area (Å²) in [6.45, 7) is 1.55. The van der Waals surface area contributed by atoms with E-state index < -0.39 is 5.97 Å². The number of para-hydroxylation sites is 1. The minimum atomic E-state index is -0.872. The first kappa shape index (κ1) is 11.9. The third-order valence-corrected chi connectivity index (χ3v) is 3.18. The maximum atomic E-state index is 11.2. The minimum Gasteiger partial charge on any atom is -0.478 e. The molecule has 0 bridgehead atoms. The summed E-state index contributed by atoms with van der Waals surface area (Å²) in [5, 5.41) is 9.18. The highest BCUT2D eigenvalue weighted by atomic mass is 16.5. The van der Waals surface area contributed by atoms with Crippen molar-refractivity contribution in [3.8, 4) is 0 Å². The highest BCUT2D eigenvalue weighted by Crippen LogP contribution is 2.28. The van der Waals surface area contributed by atoms with Crippen LogP contribution in [0.4, 0.5) is 5.69 Å². The Morgan fingerprint density at radius 3 is 3.00 bits per heavy atom. The first-order valence-electron chi connectivity index (χ1n) is 5.82. The zero-order valence-electron chi connectivity index (χ0n) is 9.93. The topological polar surface area (TPSA) is 49.8 Å². The molecule has 1 N–H and O–H groups in total. The summed E-state index contributed by atoms with van der Waals surface area (Å²) in [5.74, 6) is -0.872. The van der Waals surface area contributed by atoms with Gasteiger partial charge < -0.3 is 14.7 Å². The Morgan fingerprint density at radius 2 is 2.29 bits per heavy atom. The molecule has 0 radical (unpaired) electrons. The molecule has 1 atom stereocenters. The standard InChI is InChI=1S/C13H17NO3/c1-17-9-10-5-4-8-14(10)12-7-3-2-6-11(12)13(15)16/h2-3,6-7,10H,4-5,8-9H2,1H3,(H,15,16). The zero-order chi connectivity index (χ0) is 12.3. The van der Waals surface area contributed by atoms with Crippen LogP contribution in [0.5, 0.6) is 0 Å². The summed E-state index contributed by atoms with van der Waals surface area (Å²) in [6.07, 6.45) is 2.14. The van der Waals surface area contributed by atoms with Crippen LogP contribution in [-0.4, -0.2) is 37.4 Å². The number of hydrogen-bond acceptors (Lipinski definition) is 3. The van der Waals surface area contributed by atoms with E-state index in [1.165, 1.54) is 0 Å². The van der Waals surface area contributed by atoms with Gasteiger partial charge in [0.25, 0.3) is 0 Å². The molecule has 0 spiro atoms. The average molecular weight is 235 g/mol. The summed E-state index contributed by atoms with van der Waals surface area (Å²) in [4.78, 5) is 13.3. The summed E-state index contributed by atoms with van der Waals surface area (Å²) in [5.41, 5.74) is 1.18. The van der Waals surface area contributed by atoms with E-state index in [-0.39, 0.29) is 0 Å². The largest absolute Gasteiger partial charge is 0.478 e. The van der Waals surface area contributed by atoms with Crippen LogP contribution in [0.1, 0.15) is 23.2 Å². The van der Waals surface area contributed by atoms with Crippen molar-refractivity contribution in [3.63, 3.8) is 0 Å². The predicted octanol–water partition coefficient (Wildman–Crippen LogP) is 2.00. The molecule has 1 unspecified atom stereocenters. The SMILES string of the molecule is COCC1CCCN1c1ccccc1C(=O)O. The van der Waals surface area contributed by atoms with Crippen LogP contribution in [0.2, 0.25) is 0 Å². The van der Waals surface area contributed by atoms with Crippen molar-refractivity contribution in [1.82, 2.24) is 0 Å². The molecule has 1 fully saturated rings. The van der Waals surface area contributed by atoms with Gasteiger partial charge in [0.2, 0.25) is 0 Å². The average Bonchev–Trinajstić information content (AvgIpc) is 2.77. The maximum Gasteiger partial charge on any atom is 0.337 e. The lowest BCUT2D eigenvalue weighted by Crippen LogP contribution is -2.33. The Balaban J connectivity index is 2.29. The third kappa shape index (κ3) is 2.42. The molecule has 1 aromatic carbocycles. The van der Waals surface area contributed by atoms with Gasteiger partial charge in [-0.05, 0) is 25.0 Å².